The van der Waals surface area contributed by atoms with Crippen molar-refractivity contribution in [3.8, 4) is 0 Å². The summed E-state index contributed by atoms with van der Waals surface area (Å²) in [6.07, 6.45) is 1.58. The zero-order chi connectivity index (χ0) is 17.5. The van der Waals surface area contributed by atoms with Crippen molar-refractivity contribution in [2.75, 3.05) is 25.0 Å². The highest BCUT2D eigenvalue weighted by Gasteiger charge is 2.14. The highest BCUT2D eigenvalue weighted by molar-refractivity contribution is 7.89. The molecule has 1 aromatic rings. The minimum atomic E-state index is -3.67. The molecule has 0 saturated heterocycles. The Morgan fingerprint density at radius 3 is 2.30 bits per heavy atom. The van der Waals surface area contributed by atoms with Crippen molar-refractivity contribution in [1.29, 1.82) is 0 Å². The van der Waals surface area contributed by atoms with Gasteiger partial charge in [0.05, 0.1) is 4.90 Å². The number of anilines is 1. The minimum absolute atomic E-state index is 0.0877. The Hall–Kier alpha value is -2.19. The van der Waals surface area contributed by atoms with Crippen LogP contribution in [0.4, 0.5) is 5.69 Å². The number of rotatable bonds is 8. The summed E-state index contributed by atoms with van der Waals surface area (Å²) in [5, 5.41) is 2.56. The first-order valence-electron chi connectivity index (χ1n) is 7.00. The van der Waals surface area contributed by atoms with Crippen LogP contribution in [0, 0.1) is 0 Å². The van der Waals surface area contributed by atoms with Crippen LogP contribution in [0.15, 0.2) is 41.8 Å². The Bertz CT molecular complexity index is 668. The number of hydrogen-bond acceptors (Lipinski definition) is 4. The number of hydrogen-bond donors (Lipinski definition) is 2. The number of amides is 2. The zero-order valence-corrected chi connectivity index (χ0v) is 14.0. The lowest BCUT2D eigenvalue weighted by atomic mass is 10.3. The van der Waals surface area contributed by atoms with E-state index < -0.39 is 10.0 Å². The molecule has 1 rings (SSSR count). The maximum atomic E-state index is 12.2. The first kappa shape index (κ1) is 18.9. The number of carbonyl (C=O) groups excluding carboxylic acids is 2. The van der Waals surface area contributed by atoms with Crippen LogP contribution >= 0.6 is 0 Å². The first-order chi connectivity index (χ1) is 10.8. The molecule has 0 fully saturated rings. The van der Waals surface area contributed by atoms with Gasteiger partial charge < -0.3 is 10.2 Å². The molecule has 0 heterocycles. The fraction of sp³-hybridized carbons (Fsp3) is 0.333. The fourth-order valence-electron chi connectivity index (χ4n) is 1.85. The summed E-state index contributed by atoms with van der Waals surface area (Å²) in [4.78, 5) is 23.8. The van der Waals surface area contributed by atoms with E-state index in [4.69, 9.17) is 0 Å². The lowest BCUT2D eigenvalue weighted by Gasteiger charge is -2.19. The van der Waals surface area contributed by atoms with Gasteiger partial charge in [0.1, 0.15) is 0 Å². The monoisotopic (exact) mass is 339 g/mol. The molecule has 8 heteroatoms. The Balaban J connectivity index is 2.66. The number of benzene rings is 1. The SMILES string of the molecule is C=CCN(CCNS(=O)(=O)c1ccc(NC(C)=O)cc1)C(C)=O. The highest BCUT2D eigenvalue weighted by Crippen LogP contribution is 2.13. The number of sulfonamides is 1. The number of nitrogens with zero attached hydrogens (tertiary/aromatic N) is 1. The van der Waals surface area contributed by atoms with Gasteiger partial charge >= 0.3 is 0 Å². The van der Waals surface area contributed by atoms with Crippen LogP contribution in [0.5, 0.6) is 0 Å². The van der Waals surface area contributed by atoms with E-state index in [1.165, 1.54) is 43.0 Å². The molecule has 0 atom stereocenters. The van der Waals surface area contributed by atoms with Gasteiger partial charge in [0.15, 0.2) is 0 Å². The second kappa shape index (κ2) is 8.44. The molecule has 23 heavy (non-hydrogen) atoms. The lowest BCUT2D eigenvalue weighted by Crippen LogP contribution is -2.37. The average molecular weight is 339 g/mol. The van der Waals surface area contributed by atoms with Crippen molar-refractivity contribution in [2.45, 2.75) is 18.7 Å². The number of carbonyl (C=O) groups is 2. The average Bonchev–Trinajstić information content (AvgIpc) is 2.46. The molecule has 2 N–H and O–H groups in total. The van der Waals surface area contributed by atoms with Gasteiger partial charge in [-0.1, -0.05) is 6.08 Å². The van der Waals surface area contributed by atoms with Crippen molar-refractivity contribution in [2.24, 2.45) is 0 Å². The van der Waals surface area contributed by atoms with Gasteiger partial charge in [-0.25, -0.2) is 13.1 Å². The summed E-state index contributed by atoms with van der Waals surface area (Å²) in [5.74, 6) is -0.381. The van der Waals surface area contributed by atoms with Crippen LogP contribution in [-0.4, -0.2) is 44.8 Å². The van der Waals surface area contributed by atoms with Gasteiger partial charge in [-0.05, 0) is 24.3 Å². The van der Waals surface area contributed by atoms with Gasteiger partial charge in [-0.3, -0.25) is 9.59 Å². The van der Waals surface area contributed by atoms with E-state index in [9.17, 15) is 18.0 Å². The van der Waals surface area contributed by atoms with E-state index in [1.807, 2.05) is 0 Å². The van der Waals surface area contributed by atoms with Gasteiger partial charge in [0.2, 0.25) is 21.8 Å². The summed E-state index contributed by atoms with van der Waals surface area (Å²) in [5.41, 5.74) is 0.519. The predicted octanol–water partition coefficient (Wildman–Crippen LogP) is 0.958. The predicted molar refractivity (Wildman–Crippen MR) is 88.4 cm³/mol. The second-order valence-electron chi connectivity index (χ2n) is 4.86. The normalized spacial score (nSPS) is 10.9. The molecule has 0 aliphatic carbocycles. The molecule has 0 spiro atoms. The number of nitrogens with one attached hydrogen (secondary N) is 2. The molecule has 0 aliphatic rings. The van der Waals surface area contributed by atoms with Crippen LogP contribution in [0.3, 0.4) is 0 Å². The molecule has 0 unspecified atom stereocenters. The van der Waals surface area contributed by atoms with E-state index in [2.05, 4.69) is 16.6 Å². The summed E-state index contributed by atoms with van der Waals surface area (Å²) in [6.45, 7) is 7.06. The Morgan fingerprint density at radius 1 is 1.22 bits per heavy atom. The third-order valence-corrected chi connectivity index (χ3v) is 4.43. The van der Waals surface area contributed by atoms with E-state index in [-0.39, 0.29) is 29.8 Å². The van der Waals surface area contributed by atoms with Crippen LogP contribution in [0.1, 0.15) is 13.8 Å². The Kier molecular flexibility index (Phi) is 6.92. The van der Waals surface area contributed by atoms with E-state index in [0.29, 0.717) is 12.2 Å². The van der Waals surface area contributed by atoms with E-state index in [1.54, 1.807) is 6.08 Å². The van der Waals surface area contributed by atoms with Crippen LogP contribution < -0.4 is 10.0 Å². The third-order valence-electron chi connectivity index (χ3n) is 2.95. The van der Waals surface area contributed by atoms with Gasteiger partial charge in [0.25, 0.3) is 0 Å². The molecule has 1 aromatic carbocycles. The van der Waals surface area contributed by atoms with Crippen molar-refractivity contribution < 1.29 is 18.0 Å². The Morgan fingerprint density at radius 2 is 1.83 bits per heavy atom. The molecule has 2 amide bonds. The van der Waals surface area contributed by atoms with Crippen LogP contribution in [0.2, 0.25) is 0 Å². The maximum absolute atomic E-state index is 12.2. The van der Waals surface area contributed by atoms with E-state index in [0.717, 1.165) is 0 Å². The van der Waals surface area contributed by atoms with Gasteiger partial charge in [0, 0.05) is 39.2 Å². The topological polar surface area (TPSA) is 95.6 Å². The molecule has 0 aliphatic heterocycles. The molecular weight excluding hydrogens is 318 g/mol. The molecule has 126 valence electrons. The van der Waals surface area contributed by atoms with E-state index >= 15 is 0 Å². The fourth-order valence-corrected chi connectivity index (χ4v) is 2.87. The molecule has 0 saturated carbocycles. The van der Waals surface area contributed by atoms with Gasteiger partial charge in [-0.2, -0.15) is 0 Å². The highest BCUT2D eigenvalue weighted by atomic mass is 32.2. The largest absolute Gasteiger partial charge is 0.338 e. The van der Waals surface area contributed by atoms with Crippen LogP contribution in [0.25, 0.3) is 0 Å². The van der Waals surface area contributed by atoms with Crippen molar-refractivity contribution in [3.05, 3.63) is 36.9 Å². The smallest absolute Gasteiger partial charge is 0.240 e. The standard InChI is InChI=1S/C15H21N3O4S/c1-4-10-18(13(3)20)11-9-16-23(21,22)15-7-5-14(6-8-15)17-12(2)19/h4-8,16H,1,9-11H2,2-3H3,(H,17,19). The van der Waals surface area contributed by atoms with Crippen molar-refractivity contribution in [3.63, 3.8) is 0 Å². The lowest BCUT2D eigenvalue weighted by molar-refractivity contribution is -0.128. The third kappa shape index (κ3) is 6.21. The molecule has 7 nitrogen and oxygen atoms in total. The minimum Gasteiger partial charge on any atom is -0.338 e. The molecule has 0 radical (unpaired) electrons. The van der Waals surface area contributed by atoms with Crippen molar-refractivity contribution >= 4 is 27.5 Å². The van der Waals surface area contributed by atoms with Gasteiger partial charge in [-0.15, -0.1) is 6.58 Å². The maximum Gasteiger partial charge on any atom is 0.240 e. The first-order valence-corrected chi connectivity index (χ1v) is 8.48. The summed E-state index contributed by atoms with van der Waals surface area (Å²) in [7, 11) is -3.67. The summed E-state index contributed by atoms with van der Waals surface area (Å²) < 4.78 is 26.7. The second-order valence-corrected chi connectivity index (χ2v) is 6.62. The quantitative estimate of drug-likeness (QED) is 0.690. The summed E-state index contributed by atoms with van der Waals surface area (Å²) in [6, 6.07) is 5.82. The Labute approximate surface area is 136 Å². The van der Waals surface area contributed by atoms with Crippen LogP contribution in [-0.2, 0) is 19.6 Å². The molecular formula is C15H21N3O4S. The molecule has 0 aromatic heterocycles. The summed E-state index contributed by atoms with van der Waals surface area (Å²) >= 11 is 0. The van der Waals surface area contributed by atoms with Crippen molar-refractivity contribution in [1.82, 2.24) is 9.62 Å². The molecule has 0 bridgehead atoms. The zero-order valence-electron chi connectivity index (χ0n) is 13.2.